The molecule has 0 atom stereocenters. The van der Waals surface area contributed by atoms with Gasteiger partial charge in [0.2, 0.25) is 11.8 Å². The summed E-state index contributed by atoms with van der Waals surface area (Å²) in [5, 5.41) is 3.94. The van der Waals surface area contributed by atoms with E-state index in [1.165, 1.54) is 12.1 Å². The van der Waals surface area contributed by atoms with Crippen LogP contribution in [-0.2, 0) is 23.2 Å². The lowest BCUT2D eigenvalue weighted by Gasteiger charge is -2.16. The molecule has 2 rings (SSSR count). The molecule has 0 bridgehead atoms. The van der Waals surface area contributed by atoms with Crippen LogP contribution in [0.4, 0.5) is 4.39 Å². The van der Waals surface area contributed by atoms with Gasteiger partial charge in [0.05, 0.1) is 0 Å². The van der Waals surface area contributed by atoms with Gasteiger partial charge in [-0.2, -0.15) is 4.98 Å². The van der Waals surface area contributed by atoms with Crippen LogP contribution in [0, 0.1) is 5.82 Å². The van der Waals surface area contributed by atoms with Crippen molar-refractivity contribution in [1.29, 1.82) is 0 Å². The van der Waals surface area contributed by atoms with E-state index in [9.17, 15) is 9.18 Å². The molecule has 2 aromatic rings. The summed E-state index contributed by atoms with van der Waals surface area (Å²) in [4.78, 5) is 18.0. The summed E-state index contributed by atoms with van der Waals surface area (Å²) in [6.45, 7) is 6.37. The van der Waals surface area contributed by atoms with Crippen molar-refractivity contribution < 1.29 is 13.7 Å². The van der Waals surface area contributed by atoms with E-state index in [1.807, 2.05) is 20.8 Å². The predicted octanol–water partition coefficient (Wildman–Crippen LogP) is 3.10. The number of hydrogen-bond acceptors (Lipinski definition) is 4. The van der Waals surface area contributed by atoms with E-state index in [1.54, 1.807) is 24.1 Å². The van der Waals surface area contributed by atoms with Crippen LogP contribution in [0.5, 0.6) is 0 Å². The molecule has 124 valence electrons. The third-order valence-electron chi connectivity index (χ3n) is 3.43. The van der Waals surface area contributed by atoms with Gasteiger partial charge in [-0.05, 0) is 17.7 Å². The van der Waals surface area contributed by atoms with Gasteiger partial charge in [0.15, 0.2) is 5.82 Å². The Bertz CT molecular complexity index is 676. The quantitative estimate of drug-likeness (QED) is 0.849. The minimum absolute atomic E-state index is 0.0511. The molecule has 23 heavy (non-hydrogen) atoms. The van der Waals surface area contributed by atoms with Gasteiger partial charge in [0.1, 0.15) is 5.82 Å². The highest BCUT2D eigenvalue weighted by molar-refractivity contribution is 5.76. The number of carbonyl (C=O) groups is 1. The lowest BCUT2D eigenvalue weighted by molar-refractivity contribution is -0.130. The number of rotatable bonds is 5. The van der Waals surface area contributed by atoms with Gasteiger partial charge >= 0.3 is 0 Å². The van der Waals surface area contributed by atoms with E-state index in [0.717, 1.165) is 5.56 Å². The SMILES string of the molecule is CN(Cc1cccc(F)c1)C(=O)CCc1nc(C(C)(C)C)no1. The van der Waals surface area contributed by atoms with Crippen molar-refractivity contribution in [2.45, 2.75) is 45.6 Å². The normalized spacial score (nSPS) is 11.5. The van der Waals surface area contributed by atoms with Crippen molar-refractivity contribution in [3.8, 4) is 0 Å². The maximum atomic E-state index is 13.2. The van der Waals surface area contributed by atoms with Crippen molar-refractivity contribution in [3.63, 3.8) is 0 Å². The van der Waals surface area contributed by atoms with Gasteiger partial charge in [-0.1, -0.05) is 38.1 Å². The first-order valence-corrected chi connectivity index (χ1v) is 7.57. The smallest absolute Gasteiger partial charge is 0.227 e. The highest BCUT2D eigenvalue weighted by Crippen LogP contribution is 2.19. The zero-order valence-corrected chi connectivity index (χ0v) is 14.0. The van der Waals surface area contributed by atoms with Gasteiger partial charge in [0, 0.05) is 31.8 Å². The second-order valence-corrected chi connectivity index (χ2v) is 6.64. The molecule has 0 aliphatic heterocycles. The third-order valence-corrected chi connectivity index (χ3v) is 3.43. The number of aryl methyl sites for hydroxylation is 1. The molecule has 1 amide bonds. The van der Waals surface area contributed by atoms with Crippen molar-refractivity contribution in [1.82, 2.24) is 15.0 Å². The molecular weight excluding hydrogens is 297 g/mol. The Morgan fingerprint density at radius 2 is 2.09 bits per heavy atom. The Morgan fingerprint density at radius 3 is 2.70 bits per heavy atom. The molecule has 0 aliphatic carbocycles. The van der Waals surface area contributed by atoms with Crippen molar-refractivity contribution in [2.75, 3.05) is 7.05 Å². The standard InChI is InChI=1S/C17H22FN3O2/c1-17(2,3)16-19-14(23-20-16)8-9-15(22)21(4)11-12-6-5-7-13(18)10-12/h5-7,10H,8-9,11H2,1-4H3. The van der Waals surface area contributed by atoms with Crippen molar-refractivity contribution in [2.24, 2.45) is 0 Å². The zero-order valence-electron chi connectivity index (χ0n) is 14.0. The Morgan fingerprint density at radius 1 is 1.35 bits per heavy atom. The average molecular weight is 319 g/mol. The van der Waals surface area contributed by atoms with Crippen LogP contribution < -0.4 is 0 Å². The largest absolute Gasteiger partial charge is 0.341 e. The number of amides is 1. The first-order valence-electron chi connectivity index (χ1n) is 7.57. The molecule has 0 fully saturated rings. The van der Waals surface area contributed by atoms with Gasteiger partial charge in [-0.15, -0.1) is 0 Å². The second-order valence-electron chi connectivity index (χ2n) is 6.64. The molecule has 5 nitrogen and oxygen atoms in total. The molecular formula is C17H22FN3O2. The summed E-state index contributed by atoms with van der Waals surface area (Å²) in [6.07, 6.45) is 0.674. The Kier molecular flexibility index (Phi) is 5.13. The highest BCUT2D eigenvalue weighted by Gasteiger charge is 2.21. The van der Waals surface area contributed by atoms with E-state index in [-0.39, 0.29) is 23.6 Å². The number of nitrogens with zero attached hydrogens (tertiary/aromatic N) is 3. The van der Waals surface area contributed by atoms with Gasteiger partial charge in [-0.25, -0.2) is 4.39 Å². The summed E-state index contributed by atoms with van der Waals surface area (Å²) in [5.41, 5.74) is 0.577. The number of benzene rings is 1. The molecule has 0 unspecified atom stereocenters. The van der Waals surface area contributed by atoms with E-state index < -0.39 is 0 Å². The monoisotopic (exact) mass is 319 g/mol. The van der Waals surface area contributed by atoms with Crippen molar-refractivity contribution in [3.05, 3.63) is 47.4 Å². The van der Waals surface area contributed by atoms with E-state index >= 15 is 0 Å². The average Bonchev–Trinajstić information content (AvgIpc) is 2.93. The molecule has 0 N–H and O–H groups in total. The first kappa shape index (κ1) is 17.1. The molecule has 1 aromatic heterocycles. The lowest BCUT2D eigenvalue weighted by atomic mass is 9.96. The summed E-state index contributed by atoms with van der Waals surface area (Å²) in [7, 11) is 1.70. The van der Waals surface area contributed by atoms with Crippen LogP contribution in [0.1, 0.15) is 44.5 Å². The Labute approximate surface area is 135 Å². The van der Waals surface area contributed by atoms with Crippen molar-refractivity contribution >= 4 is 5.91 Å². The molecule has 0 spiro atoms. The number of carbonyl (C=O) groups excluding carboxylic acids is 1. The summed E-state index contributed by atoms with van der Waals surface area (Å²) >= 11 is 0. The van der Waals surface area contributed by atoms with Gasteiger partial charge in [0.25, 0.3) is 0 Å². The maximum absolute atomic E-state index is 13.2. The number of aromatic nitrogens is 2. The fourth-order valence-corrected chi connectivity index (χ4v) is 2.06. The summed E-state index contributed by atoms with van der Waals surface area (Å²) in [5.74, 6) is 0.740. The lowest BCUT2D eigenvalue weighted by Crippen LogP contribution is -2.26. The van der Waals surface area contributed by atoms with Crippen LogP contribution in [0.25, 0.3) is 0 Å². The molecule has 1 heterocycles. The predicted molar refractivity (Wildman–Crippen MR) is 84.2 cm³/mol. The first-order chi connectivity index (χ1) is 10.8. The summed E-state index contributed by atoms with van der Waals surface area (Å²) < 4.78 is 18.3. The van der Waals surface area contributed by atoms with Crippen LogP contribution >= 0.6 is 0 Å². The third kappa shape index (κ3) is 4.87. The fraction of sp³-hybridized carbons (Fsp3) is 0.471. The molecule has 6 heteroatoms. The van der Waals surface area contributed by atoms with Gasteiger partial charge < -0.3 is 9.42 Å². The number of hydrogen-bond donors (Lipinski definition) is 0. The molecule has 1 aromatic carbocycles. The fourth-order valence-electron chi connectivity index (χ4n) is 2.06. The van der Waals surface area contributed by atoms with Gasteiger partial charge in [-0.3, -0.25) is 4.79 Å². The van der Waals surface area contributed by atoms with Crippen LogP contribution in [0.15, 0.2) is 28.8 Å². The van der Waals surface area contributed by atoms with E-state index in [2.05, 4.69) is 10.1 Å². The maximum Gasteiger partial charge on any atom is 0.227 e. The second kappa shape index (κ2) is 6.89. The molecule has 0 radical (unpaired) electrons. The topological polar surface area (TPSA) is 59.2 Å². The Balaban J connectivity index is 1.88. The minimum atomic E-state index is -0.302. The molecule has 0 saturated carbocycles. The zero-order chi connectivity index (χ0) is 17.0. The van der Waals surface area contributed by atoms with Crippen LogP contribution in [-0.4, -0.2) is 28.0 Å². The summed E-state index contributed by atoms with van der Waals surface area (Å²) in [6, 6.07) is 6.24. The Hall–Kier alpha value is -2.24. The highest BCUT2D eigenvalue weighted by atomic mass is 19.1. The molecule has 0 saturated heterocycles. The van der Waals surface area contributed by atoms with E-state index in [0.29, 0.717) is 24.7 Å². The number of halogens is 1. The minimum Gasteiger partial charge on any atom is -0.341 e. The van der Waals surface area contributed by atoms with Crippen LogP contribution in [0.2, 0.25) is 0 Å². The molecule has 0 aliphatic rings. The van der Waals surface area contributed by atoms with E-state index in [4.69, 9.17) is 4.52 Å². The van der Waals surface area contributed by atoms with Crippen LogP contribution in [0.3, 0.4) is 0 Å².